The minimum absolute atomic E-state index is 0.0413. The molecule has 0 saturated heterocycles. The van der Waals surface area contributed by atoms with E-state index in [0.717, 1.165) is 45.4 Å². The average Bonchev–Trinajstić information content (AvgIpc) is 3.32. The lowest BCUT2D eigenvalue weighted by atomic mass is 9.95. The molecule has 1 amide bonds. The standard InChI is InChI=1S/C32H31N7O2S/c1-17(40)27-9-10-28(42-27)22-15-34-16-26-21(22)13-25(36-26)30-29-24(38-39-30)8-7-23(37-29)19(14-33)12-20(11-18-5-6-18)35-31(41)32(2,3)4/h7-16,36H,5-6,33H2,1-4H3,(H,35,41)(H,38,39)/b19-14+,20-12+. The molecule has 1 saturated carbocycles. The zero-order valence-electron chi connectivity index (χ0n) is 23.8. The first-order chi connectivity index (χ1) is 20.1. The van der Waals surface area contributed by atoms with Crippen LogP contribution in [0.1, 0.15) is 55.9 Å². The molecular formula is C32H31N7O2S. The predicted octanol–water partition coefficient (Wildman–Crippen LogP) is 6.50. The van der Waals surface area contributed by atoms with Gasteiger partial charge in [-0.25, -0.2) is 4.98 Å². The quantitative estimate of drug-likeness (QED) is 0.128. The van der Waals surface area contributed by atoms with Crippen molar-refractivity contribution in [1.29, 1.82) is 0 Å². The summed E-state index contributed by atoms with van der Waals surface area (Å²) >= 11 is 1.45. The third kappa shape index (κ3) is 5.40. The van der Waals surface area contributed by atoms with Gasteiger partial charge in [-0.05, 0) is 62.2 Å². The SMILES string of the molecule is CC(=O)c1ccc(-c2cncc3[nH]c(-c4n[nH]c5ccc(C(/C=C(\C=C6CC6)NC(=O)C(C)(C)C)=C/N)nc45)cc23)s1. The number of pyridine rings is 2. The van der Waals surface area contributed by atoms with Crippen molar-refractivity contribution < 1.29 is 9.59 Å². The summed E-state index contributed by atoms with van der Waals surface area (Å²) in [6, 6.07) is 9.63. The lowest BCUT2D eigenvalue weighted by molar-refractivity contribution is -0.127. The normalized spacial score (nSPS) is 14.0. The highest BCUT2D eigenvalue weighted by Gasteiger charge is 2.23. The van der Waals surface area contributed by atoms with Crippen LogP contribution in [0.15, 0.2) is 72.3 Å². The third-order valence-electron chi connectivity index (χ3n) is 7.05. The Morgan fingerprint density at radius 3 is 2.60 bits per heavy atom. The zero-order valence-corrected chi connectivity index (χ0v) is 24.6. The molecule has 0 radical (unpaired) electrons. The van der Waals surface area contributed by atoms with Crippen LogP contribution in [0.2, 0.25) is 0 Å². The first kappa shape index (κ1) is 27.3. The summed E-state index contributed by atoms with van der Waals surface area (Å²) in [6.07, 6.45) is 11.0. The Kier molecular flexibility index (Phi) is 6.86. The van der Waals surface area contributed by atoms with Crippen LogP contribution in [0.3, 0.4) is 0 Å². The average molecular weight is 578 g/mol. The minimum Gasteiger partial charge on any atom is -0.404 e. The summed E-state index contributed by atoms with van der Waals surface area (Å²) in [5.41, 5.74) is 13.5. The number of hydrogen-bond acceptors (Lipinski definition) is 7. The van der Waals surface area contributed by atoms with E-state index in [-0.39, 0.29) is 11.7 Å². The Labute approximate surface area is 246 Å². The highest BCUT2D eigenvalue weighted by Crippen LogP contribution is 2.36. The van der Waals surface area contributed by atoms with Crippen LogP contribution in [0.25, 0.3) is 49.3 Å². The number of thiophene rings is 1. The molecule has 0 unspecified atom stereocenters. The third-order valence-corrected chi connectivity index (χ3v) is 8.27. The number of carbonyl (C=O) groups is 2. The number of allylic oxidation sites excluding steroid dienone is 4. The number of ketones is 1. The Morgan fingerprint density at radius 2 is 1.90 bits per heavy atom. The van der Waals surface area contributed by atoms with E-state index in [4.69, 9.17) is 10.7 Å². The van der Waals surface area contributed by atoms with Crippen LogP contribution >= 0.6 is 11.3 Å². The smallest absolute Gasteiger partial charge is 0.229 e. The molecule has 9 nitrogen and oxygen atoms in total. The number of aromatic amines is 2. The molecule has 0 spiro atoms. The molecule has 42 heavy (non-hydrogen) atoms. The van der Waals surface area contributed by atoms with Crippen LogP contribution in [0.5, 0.6) is 0 Å². The monoisotopic (exact) mass is 577 g/mol. The fourth-order valence-electron chi connectivity index (χ4n) is 4.54. The Bertz CT molecular complexity index is 1960. The predicted molar refractivity (Wildman–Crippen MR) is 167 cm³/mol. The van der Waals surface area contributed by atoms with Crippen molar-refractivity contribution in [3.8, 4) is 21.8 Å². The molecule has 10 heteroatoms. The van der Waals surface area contributed by atoms with Gasteiger partial charge in [0.15, 0.2) is 5.78 Å². The van der Waals surface area contributed by atoms with E-state index in [9.17, 15) is 9.59 Å². The maximum absolute atomic E-state index is 12.8. The lowest BCUT2D eigenvalue weighted by Gasteiger charge is -2.18. The van der Waals surface area contributed by atoms with Gasteiger partial charge in [0.1, 0.15) is 11.2 Å². The molecule has 6 rings (SSSR count). The van der Waals surface area contributed by atoms with Gasteiger partial charge in [0.2, 0.25) is 5.91 Å². The number of nitrogens with two attached hydrogens (primary N) is 1. The van der Waals surface area contributed by atoms with E-state index >= 15 is 0 Å². The maximum Gasteiger partial charge on any atom is 0.229 e. The minimum atomic E-state index is -0.537. The van der Waals surface area contributed by atoms with Gasteiger partial charge in [-0.15, -0.1) is 11.3 Å². The van der Waals surface area contributed by atoms with Gasteiger partial charge in [0.05, 0.1) is 33.5 Å². The molecule has 5 N–H and O–H groups in total. The van der Waals surface area contributed by atoms with E-state index in [0.29, 0.717) is 33.1 Å². The topological polar surface area (TPSA) is 142 Å². The fraction of sp³-hybridized carbons (Fsp3) is 0.219. The highest BCUT2D eigenvalue weighted by molar-refractivity contribution is 7.17. The summed E-state index contributed by atoms with van der Waals surface area (Å²) in [5.74, 6) is -0.0319. The first-order valence-electron chi connectivity index (χ1n) is 13.7. The fourth-order valence-corrected chi connectivity index (χ4v) is 5.46. The van der Waals surface area contributed by atoms with Crippen molar-refractivity contribution in [1.82, 2.24) is 30.5 Å². The second-order valence-corrected chi connectivity index (χ2v) is 12.5. The van der Waals surface area contributed by atoms with Gasteiger partial charge >= 0.3 is 0 Å². The molecule has 5 aromatic heterocycles. The Hall–Kier alpha value is -4.83. The summed E-state index contributed by atoms with van der Waals surface area (Å²) < 4.78 is 0. The number of nitrogens with one attached hydrogen (secondary N) is 3. The molecule has 0 aromatic carbocycles. The van der Waals surface area contributed by atoms with Crippen molar-refractivity contribution in [2.75, 3.05) is 0 Å². The molecular weight excluding hydrogens is 546 g/mol. The van der Waals surface area contributed by atoms with Crippen molar-refractivity contribution in [2.45, 2.75) is 40.5 Å². The van der Waals surface area contributed by atoms with Crippen LogP contribution in [-0.4, -0.2) is 36.8 Å². The molecule has 5 aromatic rings. The van der Waals surface area contributed by atoms with Gasteiger partial charge in [-0.2, -0.15) is 5.10 Å². The summed E-state index contributed by atoms with van der Waals surface area (Å²) in [7, 11) is 0. The molecule has 1 fully saturated rings. The largest absolute Gasteiger partial charge is 0.404 e. The highest BCUT2D eigenvalue weighted by atomic mass is 32.1. The lowest BCUT2D eigenvalue weighted by Crippen LogP contribution is -2.33. The number of carbonyl (C=O) groups excluding carboxylic acids is 2. The number of fused-ring (bicyclic) bond motifs is 2. The molecule has 0 atom stereocenters. The van der Waals surface area contributed by atoms with Crippen LogP contribution < -0.4 is 11.1 Å². The van der Waals surface area contributed by atoms with Gasteiger partial charge in [-0.3, -0.25) is 19.7 Å². The van der Waals surface area contributed by atoms with E-state index in [1.165, 1.54) is 23.1 Å². The van der Waals surface area contributed by atoms with E-state index in [1.54, 1.807) is 13.1 Å². The van der Waals surface area contributed by atoms with Gasteiger partial charge in [-0.1, -0.05) is 26.3 Å². The van der Waals surface area contributed by atoms with Crippen LogP contribution in [0.4, 0.5) is 0 Å². The number of hydrogen-bond donors (Lipinski definition) is 4. The summed E-state index contributed by atoms with van der Waals surface area (Å²) in [5, 5.41) is 11.7. The Balaban J connectivity index is 1.38. The number of aromatic nitrogens is 5. The van der Waals surface area contributed by atoms with Crippen molar-refractivity contribution in [3.05, 3.63) is 82.9 Å². The summed E-state index contributed by atoms with van der Waals surface area (Å²) in [4.78, 5) is 39.1. The molecule has 0 aliphatic heterocycles. The second kappa shape index (κ2) is 10.5. The number of nitrogens with zero attached hydrogens (tertiary/aromatic N) is 3. The number of H-pyrrole nitrogens is 2. The number of rotatable bonds is 7. The second-order valence-electron chi connectivity index (χ2n) is 11.4. The Morgan fingerprint density at radius 1 is 1.10 bits per heavy atom. The van der Waals surface area contributed by atoms with E-state index in [1.807, 2.05) is 69.5 Å². The zero-order chi connectivity index (χ0) is 29.6. The van der Waals surface area contributed by atoms with Crippen LogP contribution in [-0.2, 0) is 4.79 Å². The molecule has 1 aliphatic rings. The van der Waals surface area contributed by atoms with Gasteiger partial charge in [0.25, 0.3) is 0 Å². The molecule has 5 heterocycles. The van der Waals surface area contributed by atoms with Gasteiger partial charge in [0, 0.05) is 44.9 Å². The van der Waals surface area contributed by atoms with Crippen molar-refractivity contribution in [3.63, 3.8) is 0 Å². The molecule has 212 valence electrons. The van der Waals surface area contributed by atoms with E-state index < -0.39 is 5.41 Å². The maximum atomic E-state index is 12.8. The number of Topliss-reactive ketones (excluding diaryl/α,β-unsaturated/α-hetero) is 1. The first-order valence-corrected chi connectivity index (χ1v) is 14.5. The van der Waals surface area contributed by atoms with Gasteiger partial charge < -0.3 is 16.0 Å². The summed E-state index contributed by atoms with van der Waals surface area (Å²) in [6.45, 7) is 7.22. The molecule has 0 bridgehead atoms. The van der Waals surface area contributed by atoms with Crippen molar-refractivity contribution in [2.24, 2.45) is 11.1 Å². The van der Waals surface area contributed by atoms with Crippen molar-refractivity contribution >= 4 is 50.5 Å². The molecule has 1 aliphatic carbocycles. The number of amides is 1. The van der Waals surface area contributed by atoms with Crippen LogP contribution in [0, 0.1) is 5.41 Å². The van der Waals surface area contributed by atoms with E-state index in [2.05, 4.69) is 25.5 Å².